The van der Waals surface area contributed by atoms with Crippen LogP contribution in [-0.4, -0.2) is 37.2 Å². The number of carbonyl (C=O) groups excluding carboxylic acids is 3. The molecule has 0 rings (SSSR count). The van der Waals surface area contributed by atoms with Gasteiger partial charge in [-0.25, -0.2) is 0 Å². The molecule has 0 fully saturated rings. The third-order valence-electron chi connectivity index (χ3n) is 14.2. The number of carbonyl (C=O) groups is 3. The van der Waals surface area contributed by atoms with Gasteiger partial charge in [0.2, 0.25) is 0 Å². The summed E-state index contributed by atoms with van der Waals surface area (Å²) in [6, 6.07) is 0. The van der Waals surface area contributed by atoms with Gasteiger partial charge in [0.05, 0.1) is 0 Å². The topological polar surface area (TPSA) is 78.9 Å². The molecule has 0 saturated heterocycles. The SMILES string of the molecule is CC/C=C\C/C=C\C/C=C\C/C=C\C/C=C\C/C=C\CCCCCCCCC(=O)OCC(COC(=O)CCCCCCCCCCCCCCC)OC(=O)CCCCCCCCCCCCCCCCCCCCC. The lowest BCUT2D eigenvalue weighted by atomic mass is 10.0. The molecule has 6 nitrogen and oxygen atoms in total. The Bertz CT molecular complexity index is 1390. The van der Waals surface area contributed by atoms with Gasteiger partial charge in [-0.2, -0.15) is 0 Å². The first-order chi connectivity index (χ1) is 37.0. The van der Waals surface area contributed by atoms with Crippen molar-refractivity contribution >= 4 is 17.9 Å². The van der Waals surface area contributed by atoms with Crippen molar-refractivity contribution in [3.05, 3.63) is 72.9 Å². The van der Waals surface area contributed by atoms with Gasteiger partial charge >= 0.3 is 17.9 Å². The maximum absolute atomic E-state index is 12.9. The number of hydrogen-bond donors (Lipinski definition) is 0. The van der Waals surface area contributed by atoms with Gasteiger partial charge in [-0.15, -0.1) is 0 Å². The zero-order valence-electron chi connectivity index (χ0n) is 49.8. The molecule has 434 valence electrons. The molecule has 0 aromatic rings. The second-order valence-corrected chi connectivity index (χ2v) is 21.7. The molecule has 0 aliphatic heterocycles. The minimum Gasteiger partial charge on any atom is -0.462 e. The smallest absolute Gasteiger partial charge is 0.306 e. The van der Waals surface area contributed by atoms with Crippen molar-refractivity contribution in [2.45, 2.75) is 335 Å². The van der Waals surface area contributed by atoms with Crippen molar-refractivity contribution in [3.8, 4) is 0 Å². The van der Waals surface area contributed by atoms with E-state index < -0.39 is 6.10 Å². The Hall–Kier alpha value is -3.15. The van der Waals surface area contributed by atoms with E-state index in [0.29, 0.717) is 19.3 Å². The number of esters is 3. The van der Waals surface area contributed by atoms with E-state index in [2.05, 4.69) is 93.7 Å². The van der Waals surface area contributed by atoms with Crippen molar-refractivity contribution in [2.24, 2.45) is 0 Å². The third kappa shape index (κ3) is 61.6. The molecule has 0 aliphatic carbocycles. The Morgan fingerprint density at radius 2 is 0.520 bits per heavy atom. The van der Waals surface area contributed by atoms with Gasteiger partial charge in [-0.05, 0) is 70.6 Å². The van der Waals surface area contributed by atoms with E-state index in [4.69, 9.17) is 14.2 Å². The van der Waals surface area contributed by atoms with E-state index in [1.807, 2.05) is 0 Å². The maximum Gasteiger partial charge on any atom is 0.306 e. The summed E-state index contributed by atoms with van der Waals surface area (Å²) in [4.78, 5) is 38.3. The first-order valence-electron chi connectivity index (χ1n) is 32.4. The van der Waals surface area contributed by atoms with E-state index in [-0.39, 0.29) is 31.1 Å². The number of rotatable bonds is 59. The summed E-state index contributed by atoms with van der Waals surface area (Å²) in [5, 5.41) is 0. The average molecular weight is 1050 g/mol. The van der Waals surface area contributed by atoms with Gasteiger partial charge in [0, 0.05) is 19.3 Å². The summed E-state index contributed by atoms with van der Waals surface area (Å²) < 4.78 is 16.9. The Morgan fingerprint density at radius 1 is 0.280 bits per heavy atom. The Morgan fingerprint density at radius 3 is 0.813 bits per heavy atom. The van der Waals surface area contributed by atoms with Crippen molar-refractivity contribution in [1.29, 1.82) is 0 Å². The second-order valence-electron chi connectivity index (χ2n) is 21.7. The van der Waals surface area contributed by atoms with Crippen LogP contribution >= 0.6 is 0 Å². The van der Waals surface area contributed by atoms with E-state index in [1.165, 1.54) is 186 Å². The Kier molecular flexibility index (Phi) is 60.7. The van der Waals surface area contributed by atoms with Gasteiger partial charge in [-0.3, -0.25) is 14.4 Å². The van der Waals surface area contributed by atoms with Crippen molar-refractivity contribution in [3.63, 3.8) is 0 Å². The predicted molar refractivity (Wildman–Crippen MR) is 325 cm³/mol. The molecular weight excluding hydrogens is 925 g/mol. The van der Waals surface area contributed by atoms with Crippen LogP contribution in [0.5, 0.6) is 0 Å². The summed E-state index contributed by atoms with van der Waals surface area (Å²) in [5.74, 6) is -0.871. The standard InChI is InChI=1S/C69H122O6/c1-4-7-10-13-16-19-22-25-27-29-31-32-33-34-35-36-38-39-41-44-47-50-53-56-59-62-68(71)74-65-66(64-73-67(70)61-58-55-52-49-46-43-24-21-18-15-12-9-6-3)75-69(72)63-60-57-54-51-48-45-42-40-37-30-28-26-23-20-17-14-11-8-5-2/h7,10,16,19,25,27,31-32,34-35,38-39,66H,4-6,8-9,11-15,17-18,20-24,26,28-30,33,36-37,40-65H2,1-3H3/b10-7-,19-16-,27-25-,32-31-,35-34-,39-38-. The summed E-state index contributed by atoms with van der Waals surface area (Å²) in [6.07, 6.45) is 81.9. The van der Waals surface area contributed by atoms with Gasteiger partial charge in [-0.1, -0.05) is 312 Å². The quantitative estimate of drug-likeness (QED) is 0.0261. The van der Waals surface area contributed by atoms with E-state index in [9.17, 15) is 14.4 Å². The number of hydrogen-bond acceptors (Lipinski definition) is 6. The Balaban J connectivity index is 4.33. The highest BCUT2D eigenvalue weighted by atomic mass is 16.6. The molecule has 1 unspecified atom stereocenters. The van der Waals surface area contributed by atoms with Crippen molar-refractivity contribution in [1.82, 2.24) is 0 Å². The fourth-order valence-electron chi connectivity index (χ4n) is 9.39. The number of unbranched alkanes of at least 4 members (excludes halogenated alkanes) is 36. The zero-order valence-corrected chi connectivity index (χ0v) is 49.8. The van der Waals surface area contributed by atoms with Crippen molar-refractivity contribution in [2.75, 3.05) is 13.2 Å². The van der Waals surface area contributed by atoms with Crippen LogP contribution in [0.2, 0.25) is 0 Å². The molecule has 0 amide bonds. The van der Waals surface area contributed by atoms with Crippen LogP contribution in [0.3, 0.4) is 0 Å². The highest BCUT2D eigenvalue weighted by Crippen LogP contribution is 2.17. The van der Waals surface area contributed by atoms with Crippen LogP contribution in [0.1, 0.15) is 329 Å². The van der Waals surface area contributed by atoms with Gasteiger partial charge in [0.1, 0.15) is 13.2 Å². The molecule has 0 spiro atoms. The summed E-state index contributed by atoms with van der Waals surface area (Å²) >= 11 is 0. The van der Waals surface area contributed by atoms with Crippen molar-refractivity contribution < 1.29 is 28.6 Å². The number of ether oxygens (including phenoxy) is 3. The molecule has 1 atom stereocenters. The fraction of sp³-hybridized carbons (Fsp3) is 0.783. The molecule has 75 heavy (non-hydrogen) atoms. The van der Waals surface area contributed by atoms with Crippen LogP contribution in [0, 0.1) is 0 Å². The molecule has 0 radical (unpaired) electrons. The summed E-state index contributed by atoms with van der Waals surface area (Å²) in [5.41, 5.74) is 0. The normalized spacial score (nSPS) is 12.5. The van der Waals surface area contributed by atoms with E-state index >= 15 is 0 Å². The van der Waals surface area contributed by atoms with Gasteiger partial charge in [0.15, 0.2) is 6.10 Å². The molecule has 0 aromatic heterocycles. The van der Waals surface area contributed by atoms with Crippen LogP contribution in [-0.2, 0) is 28.6 Å². The molecule has 6 heteroatoms. The molecular formula is C69H122O6. The molecule has 0 aliphatic rings. The average Bonchev–Trinajstić information content (AvgIpc) is 3.41. The monoisotopic (exact) mass is 1050 g/mol. The molecule has 0 aromatic carbocycles. The van der Waals surface area contributed by atoms with Gasteiger partial charge in [0.25, 0.3) is 0 Å². The highest BCUT2D eigenvalue weighted by molar-refractivity contribution is 5.71. The largest absolute Gasteiger partial charge is 0.462 e. The minimum atomic E-state index is -0.779. The molecule has 0 saturated carbocycles. The molecule has 0 heterocycles. The molecule has 0 N–H and O–H groups in total. The maximum atomic E-state index is 12.9. The first-order valence-corrected chi connectivity index (χ1v) is 32.4. The highest BCUT2D eigenvalue weighted by Gasteiger charge is 2.19. The molecule has 0 bridgehead atoms. The Labute approximate surface area is 465 Å². The summed E-state index contributed by atoms with van der Waals surface area (Å²) in [7, 11) is 0. The summed E-state index contributed by atoms with van der Waals surface area (Å²) in [6.45, 7) is 6.56. The van der Waals surface area contributed by atoms with Crippen LogP contribution < -0.4 is 0 Å². The lowest BCUT2D eigenvalue weighted by Gasteiger charge is -2.18. The lowest BCUT2D eigenvalue weighted by Crippen LogP contribution is -2.30. The van der Waals surface area contributed by atoms with Crippen LogP contribution in [0.4, 0.5) is 0 Å². The van der Waals surface area contributed by atoms with Gasteiger partial charge < -0.3 is 14.2 Å². The fourth-order valence-corrected chi connectivity index (χ4v) is 9.39. The van der Waals surface area contributed by atoms with Crippen LogP contribution in [0.15, 0.2) is 72.9 Å². The first kappa shape index (κ1) is 71.8. The predicted octanol–water partition coefficient (Wildman–Crippen LogP) is 22.1. The van der Waals surface area contributed by atoms with Crippen LogP contribution in [0.25, 0.3) is 0 Å². The van der Waals surface area contributed by atoms with E-state index in [1.54, 1.807) is 0 Å². The van der Waals surface area contributed by atoms with E-state index in [0.717, 1.165) is 103 Å². The third-order valence-corrected chi connectivity index (χ3v) is 14.2. The minimum absolute atomic E-state index is 0.0753. The second kappa shape index (κ2) is 63.4. The number of allylic oxidation sites excluding steroid dienone is 12. The zero-order chi connectivity index (χ0) is 54.3. The lowest BCUT2D eigenvalue weighted by molar-refractivity contribution is -0.167.